The maximum Gasteiger partial charge on any atom is 0.251 e. The van der Waals surface area contributed by atoms with Crippen molar-refractivity contribution in [3.8, 4) is 0 Å². The van der Waals surface area contributed by atoms with Crippen molar-refractivity contribution in [3.63, 3.8) is 0 Å². The number of carbonyl (C=O) groups is 1. The Labute approximate surface area is 146 Å². The maximum atomic E-state index is 12.7. The summed E-state index contributed by atoms with van der Waals surface area (Å²) < 4.78 is 0. The predicted molar refractivity (Wildman–Crippen MR) is 99.1 cm³/mol. The molecular weight excluding hydrogens is 296 g/mol. The molecular formula is C21H32N2O. The van der Waals surface area contributed by atoms with Gasteiger partial charge in [0.15, 0.2) is 0 Å². The summed E-state index contributed by atoms with van der Waals surface area (Å²) in [6, 6.07) is 8.43. The van der Waals surface area contributed by atoms with Crippen LogP contribution in [0.5, 0.6) is 0 Å². The van der Waals surface area contributed by atoms with Crippen molar-refractivity contribution in [1.82, 2.24) is 10.6 Å². The van der Waals surface area contributed by atoms with Gasteiger partial charge in [0.25, 0.3) is 5.91 Å². The maximum absolute atomic E-state index is 12.7. The quantitative estimate of drug-likeness (QED) is 0.811. The average molecular weight is 329 g/mol. The molecule has 2 N–H and O–H groups in total. The van der Waals surface area contributed by atoms with E-state index in [2.05, 4.69) is 16.7 Å². The molecule has 2 saturated carbocycles. The first-order valence-corrected chi connectivity index (χ1v) is 9.92. The van der Waals surface area contributed by atoms with Crippen LogP contribution in [0, 0.1) is 5.92 Å². The largest absolute Gasteiger partial charge is 0.349 e. The summed E-state index contributed by atoms with van der Waals surface area (Å²) in [6.45, 7) is 1.88. The highest BCUT2D eigenvalue weighted by molar-refractivity contribution is 5.95. The Hall–Kier alpha value is -1.35. The molecule has 2 aliphatic carbocycles. The number of rotatable bonds is 6. The first-order valence-electron chi connectivity index (χ1n) is 9.92. The van der Waals surface area contributed by atoms with E-state index in [0.717, 1.165) is 43.0 Å². The van der Waals surface area contributed by atoms with Gasteiger partial charge in [0.2, 0.25) is 0 Å². The first-order chi connectivity index (χ1) is 11.8. The molecule has 0 aliphatic heterocycles. The summed E-state index contributed by atoms with van der Waals surface area (Å²) >= 11 is 0. The fourth-order valence-corrected chi connectivity index (χ4v) is 4.21. The normalized spacial score (nSPS) is 20.0. The van der Waals surface area contributed by atoms with Gasteiger partial charge in [-0.05, 0) is 49.8 Å². The summed E-state index contributed by atoms with van der Waals surface area (Å²) in [6.07, 6.45) is 13.0. The lowest BCUT2D eigenvalue weighted by Crippen LogP contribution is -2.37. The molecule has 132 valence electrons. The summed E-state index contributed by atoms with van der Waals surface area (Å²) in [4.78, 5) is 12.7. The zero-order valence-corrected chi connectivity index (χ0v) is 14.9. The van der Waals surface area contributed by atoms with Crippen molar-refractivity contribution >= 4 is 5.91 Å². The van der Waals surface area contributed by atoms with Gasteiger partial charge in [-0.15, -0.1) is 0 Å². The van der Waals surface area contributed by atoms with E-state index >= 15 is 0 Å². The van der Waals surface area contributed by atoms with Crippen LogP contribution < -0.4 is 10.6 Å². The van der Waals surface area contributed by atoms with Crippen LogP contribution in [0.15, 0.2) is 24.3 Å². The molecule has 0 saturated heterocycles. The van der Waals surface area contributed by atoms with Crippen molar-refractivity contribution in [2.24, 2.45) is 5.92 Å². The molecule has 2 fully saturated rings. The van der Waals surface area contributed by atoms with Crippen molar-refractivity contribution in [2.45, 2.75) is 76.8 Å². The van der Waals surface area contributed by atoms with E-state index in [0.29, 0.717) is 6.04 Å². The number of nitrogens with one attached hydrogen (secondary N) is 2. The molecule has 24 heavy (non-hydrogen) atoms. The molecule has 0 atom stereocenters. The van der Waals surface area contributed by atoms with E-state index in [9.17, 15) is 4.79 Å². The molecule has 1 aromatic rings. The Bertz CT molecular complexity index is 516. The zero-order valence-electron chi connectivity index (χ0n) is 14.9. The molecule has 2 aliphatic rings. The molecule has 0 bridgehead atoms. The Balaban J connectivity index is 1.52. The Kier molecular flexibility index (Phi) is 6.71. The van der Waals surface area contributed by atoms with Crippen molar-refractivity contribution < 1.29 is 4.79 Å². The van der Waals surface area contributed by atoms with E-state index in [-0.39, 0.29) is 5.91 Å². The van der Waals surface area contributed by atoms with Crippen LogP contribution in [-0.4, -0.2) is 18.5 Å². The lowest BCUT2D eigenvalue weighted by atomic mass is 9.89. The van der Waals surface area contributed by atoms with E-state index < -0.39 is 0 Å². The summed E-state index contributed by atoms with van der Waals surface area (Å²) in [5.41, 5.74) is 1.97. The van der Waals surface area contributed by atoms with Crippen LogP contribution in [0.3, 0.4) is 0 Å². The Morgan fingerprint density at radius 3 is 2.33 bits per heavy atom. The van der Waals surface area contributed by atoms with Gasteiger partial charge >= 0.3 is 0 Å². The smallest absolute Gasteiger partial charge is 0.251 e. The molecule has 0 heterocycles. The van der Waals surface area contributed by atoms with Crippen molar-refractivity contribution in [3.05, 3.63) is 35.4 Å². The summed E-state index contributed by atoms with van der Waals surface area (Å²) in [7, 11) is 0. The molecule has 1 amide bonds. The summed E-state index contributed by atoms with van der Waals surface area (Å²) in [5.74, 6) is 0.930. The van der Waals surface area contributed by atoms with Crippen LogP contribution in [0.1, 0.15) is 80.1 Å². The number of amides is 1. The Morgan fingerprint density at radius 1 is 0.917 bits per heavy atom. The molecule has 0 radical (unpaired) electrons. The van der Waals surface area contributed by atoms with Gasteiger partial charge in [0.05, 0.1) is 0 Å². The number of benzene rings is 1. The third-order valence-corrected chi connectivity index (χ3v) is 5.68. The van der Waals surface area contributed by atoms with Gasteiger partial charge in [0.1, 0.15) is 0 Å². The molecule has 0 aromatic heterocycles. The highest BCUT2D eigenvalue weighted by Crippen LogP contribution is 2.23. The van der Waals surface area contributed by atoms with Crippen LogP contribution in [0.2, 0.25) is 0 Å². The fourth-order valence-electron chi connectivity index (χ4n) is 4.21. The molecule has 3 rings (SSSR count). The topological polar surface area (TPSA) is 41.1 Å². The lowest BCUT2D eigenvalue weighted by Gasteiger charge is -2.24. The zero-order chi connectivity index (χ0) is 16.6. The van der Waals surface area contributed by atoms with Gasteiger partial charge in [-0.3, -0.25) is 4.79 Å². The van der Waals surface area contributed by atoms with Crippen LogP contribution in [0.4, 0.5) is 0 Å². The van der Waals surface area contributed by atoms with Gasteiger partial charge in [-0.1, -0.05) is 56.7 Å². The molecule has 3 heteroatoms. The minimum atomic E-state index is 0.108. The van der Waals surface area contributed by atoms with Gasteiger partial charge in [-0.25, -0.2) is 0 Å². The second kappa shape index (κ2) is 9.22. The predicted octanol–water partition coefficient (Wildman–Crippen LogP) is 4.42. The number of hydrogen-bond acceptors (Lipinski definition) is 2. The minimum absolute atomic E-state index is 0.108. The SMILES string of the molecule is O=C(NC1CCCCC1)c1ccccc1CNCC1CCCCC1. The Morgan fingerprint density at radius 2 is 1.58 bits per heavy atom. The second-order valence-electron chi connectivity index (χ2n) is 7.60. The first kappa shape index (κ1) is 17.5. The summed E-state index contributed by atoms with van der Waals surface area (Å²) in [5, 5.41) is 6.84. The van der Waals surface area contributed by atoms with Gasteiger partial charge in [0, 0.05) is 18.2 Å². The highest BCUT2D eigenvalue weighted by atomic mass is 16.1. The van der Waals surface area contributed by atoms with E-state index in [1.165, 1.54) is 51.4 Å². The minimum Gasteiger partial charge on any atom is -0.349 e. The van der Waals surface area contributed by atoms with Crippen molar-refractivity contribution in [1.29, 1.82) is 0 Å². The molecule has 1 aromatic carbocycles. The number of carbonyl (C=O) groups excluding carboxylic acids is 1. The van der Waals surface area contributed by atoms with Crippen molar-refractivity contribution in [2.75, 3.05) is 6.54 Å². The van der Waals surface area contributed by atoms with Crippen LogP contribution >= 0.6 is 0 Å². The fraction of sp³-hybridized carbons (Fsp3) is 0.667. The molecule has 0 unspecified atom stereocenters. The lowest BCUT2D eigenvalue weighted by molar-refractivity contribution is 0.0926. The van der Waals surface area contributed by atoms with E-state index in [4.69, 9.17) is 0 Å². The number of hydrogen-bond donors (Lipinski definition) is 2. The third-order valence-electron chi connectivity index (χ3n) is 5.68. The monoisotopic (exact) mass is 328 g/mol. The second-order valence-corrected chi connectivity index (χ2v) is 7.60. The van der Waals surface area contributed by atoms with E-state index in [1.54, 1.807) is 0 Å². The van der Waals surface area contributed by atoms with Gasteiger partial charge in [-0.2, -0.15) is 0 Å². The van der Waals surface area contributed by atoms with E-state index in [1.807, 2.05) is 18.2 Å². The van der Waals surface area contributed by atoms with Gasteiger partial charge < -0.3 is 10.6 Å². The highest BCUT2D eigenvalue weighted by Gasteiger charge is 2.18. The van der Waals surface area contributed by atoms with Crippen LogP contribution in [0.25, 0.3) is 0 Å². The van der Waals surface area contributed by atoms with Crippen LogP contribution in [-0.2, 0) is 6.54 Å². The standard InChI is InChI=1S/C21H32N2O/c24-21(23-19-12-5-2-6-13-19)20-14-8-7-11-18(20)16-22-15-17-9-3-1-4-10-17/h7-8,11,14,17,19,22H,1-6,9-10,12-13,15-16H2,(H,23,24). The third kappa shape index (κ3) is 5.07. The molecule has 3 nitrogen and oxygen atoms in total. The average Bonchev–Trinajstić information content (AvgIpc) is 2.64. The molecule has 0 spiro atoms.